The third-order valence-electron chi connectivity index (χ3n) is 22.7. The summed E-state index contributed by atoms with van der Waals surface area (Å²) in [5.74, 6) is 0.989. The lowest BCUT2D eigenvalue weighted by Crippen LogP contribution is -2.35. The standard InChI is InChI=1S/C20H18ClNO3S.C20H18ClNO2S.C20H18ClNOS.2C19H15ClFNOS/c1-24-15-10-12-6-5-9-22(14(12)11-16(15)25-2)20(23)19-18(21)13-7-3-4-8-17(13)26-19;1-12-5-7-16-13(10-12)4-3-9-22(16)20(23)19-18(21)15-11-14(24-2)6-8-17(15)25-19;1-12-8-9-15-14(11-12)6-4-10-22(15)20(23)19-18(21)17-13(2)5-3-7-16(17)24-19;1-11-7-8-14-12(10-11)4-3-9-22(14)19(23)18-17(20)16-13(21)5-2-6-15(16)24-18;1-11-4-6-15-12(9-11)3-2-8-22(15)19(23)18-17(20)14-10-13(21)5-7-16(14)24-18/h3-4,7-8,10-11H,5-6,9H2,1-2H3;5-8,10-11H,3-4,9H2,1-2H3;3,5,7-9,11H,4,6,10H2,1-2H3;2,5-8,10H,3-4,9H2,1H3;4-7,9-10H,2-3,8H2,1H3. The average molecular weight is 1840 g/mol. The van der Waals surface area contributed by atoms with E-state index in [1.54, 1.807) is 54.2 Å². The quantitative estimate of drug-likeness (QED) is 0.147. The third kappa shape index (κ3) is 17.4. The monoisotopic (exact) mass is 1830 g/mol. The second-order valence-corrected chi connectivity index (χ2v) is 38.1. The summed E-state index contributed by atoms with van der Waals surface area (Å²) < 4.78 is 48.2. The minimum atomic E-state index is -0.387. The fourth-order valence-electron chi connectivity index (χ4n) is 16.7. The molecule has 0 bridgehead atoms. The van der Waals surface area contributed by atoms with Crippen LogP contribution in [0.5, 0.6) is 17.2 Å². The highest BCUT2D eigenvalue weighted by molar-refractivity contribution is 7.23. The highest BCUT2D eigenvalue weighted by Gasteiger charge is 2.35. The summed E-state index contributed by atoms with van der Waals surface area (Å²) in [4.78, 5) is 77.7. The number of hydrogen-bond donors (Lipinski definition) is 0. The first kappa shape index (κ1) is 86.6. The van der Waals surface area contributed by atoms with Crippen molar-refractivity contribution in [1.29, 1.82) is 0 Å². The first-order valence-corrected chi connectivity index (χ1v) is 46.4. The molecule has 0 radical (unpaired) electrons. The van der Waals surface area contributed by atoms with Gasteiger partial charge in [-0.1, -0.05) is 165 Å². The Morgan fingerprint density at radius 2 is 0.659 bits per heavy atom. The minimum Gasteiger partial charge on any atom is -0.497 e. The Bertz CT molecular complexity index is 6560. The van der Waals surface area contributed by atoms with Gasteiger partial charge in [0.1, 0.15) is 41.8 Å². The number of nitrogens with zero attached hydrogens (tertiary/aromatic N) is 5. The van der Waals surface area contributed by atoms with Crippen molar-refractivity contribution in [2.75, 3.05) is 78.6 Å². The van der Waals surface area contributed by atoms with Crippen molar-refractivity contribution in [3.8, 4) is 17.2 Å². The minimum absolute atomic E-state index is 0.0185. The first-order chi connectivity index (χ1) is 59.4. The van der Waals surface area contributed by atoms with Gasteiger partial charge in [-0.2, -0.15) is 0 Å². The van der Waals surface area contributed by atoms with Crippen LogP contribution in [-0.2, 0) is 32.1 Å². The SMILES string of the molecule is COc1cc2c(cc1OC)N(C(=O)c1sc3ccccc3c1Cl)CCC2.COc1ccc2sc(C(=O)N3CCCc4cc(C)ccc43)c(Cl)c2c1.Cc1ccc2c(c1)CCCN2C(=O)c1sc2ccc(F)cc2c1Cl.Cc1ccc2c(c1)CCCN2C(=O)c1sc2cccc(C)c2c1Cl.Cc1ccc2c(c1)CCCN2C(=O)c1sc2cccc(F)c2c1Cl. The smallest absolute Gasteiger partial charge is 0.269 e. The number of hydrogen-bond acceptors (Lipinski definition) is 13. The number of rotatable bonds is 8. The van der Waals surface area contributed by atoms with E-state index in [0.29, 0.717) is 91.1 Å². The van der Waals surface area contributed by atoms with Crippen LogP contribution < -0.4 is 38.7 Å². The van der Waals surface area contributed by atoms with E-state index in [-0.39, 0.29) is 46.2 Å². The van der Waals surface area contributed by atoms with Crippen LogP contribution >= 0.6 is 115 Å². The van der Waals surface area contributed by atoms with Crippen molar-refractivity contribution in [1.82, 2.24) is 0 Å². The normalized spacial score (nSPS) is 13.9. The van der Waals surface area contributed by atoms with Gasteiger partial charge in [-0.3, -0.25) is 24.0 Å². The van der Waals surface area contributed by atoms with E-state index in [1.165, 1.54) is 119 Å². The highest BCUT2D eigenvalue weighted by Crippen LogP contribution is 2.47. The number of benzene rings is 10. The zero-order valence-corrected chi connectivity index (χ0v) is 76.5. The van der Waals surface area contributed by atoms with Crippen LogP contribution in [-0.4, -0.2) is 83.6 Å². The van der Waals surface area contributed by atoms with Crippen molar-refractivity contribution >= 4 is 223 Å². The molecule has 0 saturated carbocycles. The summed E-state index contributed by atoms with van der Waals surface area (Å²) in [5.41, 5.74) is 16.7. The molecule has 0 fully saturated rings. The summed E-state index contributed by atoms with van der Waals surface area (Å²) in [6.07, 6.45) is 9.59. The lowest BCUT2D eigenvalue weighted by atomic mass is 9.99. The number of halogens is 7. The van der Waals surface area contributed by atoms with Gasteiger partial charge in [0, 0.05) is 112 Å². The summed E-state index contributed by atoms with van der Waals surface area (Å²) in [5, 5.41) is 5.95. The Balaban J connectivity index is 0.000000114. The second-order valence-electron chi connectivity index (χ2n) is 31.0. The molecule has 0 spiro atoms. The van der Waals surface area contributed by atoms with E-state index >= 15 is 0 Å². The van der Waals surface area contributed by atoms with Gasteiger partial charge in [0.2, 0.25) is 0 Å². The van der Waals surface area contributed by atoms with Crippen LogP contribution in [0.2, 0.25) is 25.1 Å². The van der Waals surface area contributed by atoms with Crippen molar-refractivity contribution in [3.63, 3.8) is 0 Å². The molecule has 5 aliphatic rings. The molecule has 5 aromatic heterocycles. The van der Waals surface area contributed by atoms with Gasteiger partial charge in [0.05, 0.1) is 52.1 Å². The van der Waals surface area contributed by atoms with Gasteiger partial charge < -0.3 is 38.7 Å². The van der Waals surface area contributed by atoms with E-state index in [4.69, 9.17) is 72.2 Å². The van der Waals surface area contributed by atoms with Crippen LogP contribution in [0.1, 0.15) is 136 Å². The molecule has 10 heterocycles. The largest absolute Gasteiger partial charge is 0.497 e. The Kier molecular flexibility index (Phi) is 26.1. The zero-order chi connectivity index (χ0) is 86.3. The number of ether oxygens (including phenoxy) is 3. The van der Waals surface area contributed by atoms with Gasteiger partial charge in [0.15, 0.2) is 11.5 Å². The van der Waals surface area contributed by atoms with E-state index in [2.05, 4.69) is 63.2 Å². The Morgan fingerprint density at radius 3 is 1.07 bits per heavy atom. The second kappa shape index (κ2) is 37.1. The Morgan fingerprint density at radius 1 is 0.317 bits per heavy atom. The van der Waals surface area contributed by atoms with Gasteiger partial charge in [-0.15, -0.1) is 56.7 Å². The van der Waals surface area contributed by atoms with Crippen LogP contribution in [0.4, 0.5) is 37.2 Å². The van der Waals surface area contributed by atoms with Gasteiger partial charge in [-0.05, 0) is 223 Å². The molecule has 123 heavy (non-hydrogen) atoms. The predicted molar refractivity (Wildman–Crippen MR) is 510 cm³/mol. The maximum absolute atomic E-state index is 14.0. The number of fused-ring (bicyclic) bond motifs is 10. The molecule has 0 N–H and O–H groups in total. The number of aryl methyl sites for hydroxylation is 10. The summed E-state index contributed by atoms with van der Waals surface area (Å²) in [7, 11) is 4.84. The summed E-state index contributed by atoms with van der Waals surface area (Å²) in [6.45, 7) is 13.8. The van der Waals surface area contributed by atoms with Crippen molar-refractivity contribution in [2.24, 2.45) is 0 Å². The molecule has 0 saturated heterocycles. The first-order valence-electron chi connectivity index (χ1n) is 40.5. The maximum Gasteiger partial charge on any atom is 0.269 e. The molecular formula is C98H84Cl5F2N5O8S5. The Hall–Kier alpha value is -9.94. The molecule has 0 atom stereocenters. The lowest BCUT2D eigenvalue weighted by molar-refractivity contribution is 0.0981. The molecule has 0 unspecified atom stereocenters. The maximum atomic E-state index is 14.0. The number of anilines is 5. The molecule has 0 aliphatic carbocycles. The summed E-state index contributed by atoms with van der Waals surface area (Å²) in [6, 6.07) is 57.6. The van der Waals surface area contributed by atoms with Crippen molar-refractivity contribution < 1.29 is 47.0 Å². The fraction of sp³-hybridized carbons (Fsp3) is 0.235. The van der Waals surface area contributed by atoms with Crippen LogP contribution in [0.25, 0.3) is 50.4 Å². The van der Waals surface area contributed by atoms with Crippen molar-refractivity contribution in [3.05, 3.63) is 299 Å². The number of thiophene rings is 5. The molecule has 10 aromatic carbocycles. The number of methoxy groups -OCH3 is 3. The summed E-state index contributed by atoms with van der Waals surface area (Å²) >= 11 is 39.4. The topological polar surface area (TPSA) is 129 Å². The predicted octanol–water partition coefficient (Wildman–Crippen LogP) is 27.6. The van der Waals surface area contributed by atoms with Gasteiger partial charge >= 0.3 is 0 Å². The molecule has 20 rings (SSSR count). The van der Waals surface area contributed by atoms with Crippen molar-refractivity contribution in [2.45, 2.75) is 98.8 Å². The average Bonchev–Trinajstić information content (AvgIpc) is 1.69. The number of amides is 5. The van der Waals surface area contributed by atoms with Crippen LogP contribution in [0.15, 0.2) is 182 Å². The van der Waals surface area contributed by atoms with E-state index in [1.807, 2.05) is 127 Å². The van der Waals surface area contributed by atoms with Crippen LogP contribution in [0.3, 0.4) is 0 Å². The van der Waals surface area contributed by atoms with E-state index in [0.717, 1.165) is 158 Å². The van der Waals surface area contributed by atoms with Crippen LogP contribution in [0, 0.1) is 46.3 Å². The molecule has 5 aliphatic heterocycles. The van der Waals surface area contributed by atoms with Gasteiger partial charge in [-0.25, -0.2) is 8.78 Å². The van der Waals surface area contributed by atoms with E-state index < -0.39 is 0 Å². The molecule has 628 valence electrons. The molecule has 5 amide bonds. The Labute approximate surface area is 757 Å². The number of carbonyl (C=O) groups is 5. The number of carbonyl (C=O) groups excluding carboxylic acids is 5. The third-order valence-corrected chi connectivity index (χ3v) is 31.0. The molecule has 15 aromatic rings. The molecule has 25 heteroatoms. The molecule has 13 nitrogen and oxygen atoms in total. The highest BCUT2D eigenvalue weighted by atomic mass is 35.5. The fourth-order valence-corrected chi connectivity index (χ4v) is 24.2. The zero-order valence-electron chi connectivity index (χ0n) is 68.6. The molecular weight excluding hydrogens is 1750 g/mol. The van der Waals surface area contributed by atoms with Gasteiger partial charge in [0.25, 0.3) is 29.5 Å². The van der Waals surface area contributed by atoms with E-state index in [9.17, 15) is 32.8 Å². The lowest BCUT2D eigenvalue weighted by Gasteiger charge is -2.30.